The summed E-state index contributed by atoms with van der Waals surface area (Å²) >= 11 is 0. The van der Waals surface area contributed by atoms with Crippen LogP contribution in [-0.4, -0.2) is 44.9 Å². The molecule has 147 valence electrons. The third-order valence-corrected chi connectivity index (χ3v) is 5.21. The number of nitrogens with zero attached hydrogens (tertiary/aromatic N) is 1. The number of Topliss-reactive ketones (excluding diaryl/α,β-unsaturated/α-hetero) is 1. The lowest BCUT2D eigenvalue weighted by Gasteiger charge is -2.33. The van der Waals surface area contributed by atoms with Crippen molar-refractivity contribution in [1.29, 1.82) is 0 Å². The number of nitrogens with two attached hydrogens (primary N) is 1. The molecule has 0 aliphatic carbocycles. The van der Waals surface area contributed by atoms with E-state index in [-0.39, 0.29) is 11.3 Å². The number of carbonyl (C=O) groups is 3. The molecule has 0 saturated carbocycles. The van der Waals surface area contributed by atoms with Crippen LogP contribution in [0.3, 0.4) is 0 Å². The van der Waals surface area contributed by atoms with Gasteiger partial charge in [0.25, 0.3) is 0 Å². The second kappa shape index (κ2) is 7.28. The highest BCUT2D eigenvalue weighted by Crippen LogP contribution is 2.43. The van der Waals surface area contributed by atoms with E-state index in [1.54, 1.807) is 45.9 Å². The molecule has 8 nitrogen and oxygen atoms in total. The minimum Gasteiger partial charge on any atom is -0.480 e. The van der Waals surface area contributed by atoms with Gasteiger partial charge in [0.2, 0.25) is 5.91 Å². The molecular formula is C19H26N3O5. The van der Waals surface area contributed by atoms with Gasteiger partial charge in [0.1, 0.15) is 6.04 Å². The summed E-state index contributed by atoms with van der Waals surface area (Å²) in [5.41, 5.74) is 4.50. The van der Waals surface area contributed by atoms with Crippen molar-refractivity contribution in [3.8, 4) is 0 Å². The third kappa shape index (κ3) is 4.12. The normalized spacial score (nSPS) is 22.2. The number of ketones is 1. The largest absolute Gasteiger partial charge is 0.480 e. The number of anilines is 1. The van der Waals surface area contributed by atoms with Crippen LogP contribution in [0, 0.1) is 5.92 Å². The Morgan fingerprint density at radius 2 is 1.85 bits per heavy atom. The Hall–Kier alpha value is -2.45. The van der Waals surface area contributed by atoms with E-state index in [1.165, 1.54) is 6.07 Å². The molecule has 1 aliphatic heterocycles. The zero-order valence-corrected chi connectivity index (χ0v) is 16.0. The van der Waals surface area contributed by atoms with Gasteiger partial charge in [-0.2, -0.15) is 0 Å². The summed E-state index contributed by atoms with van der Waals surface area (Å²) in [4.78, 5) is 36.7. The molecule has 4 N–H and O–H groups in total. The van der Waals surface area contributed by atoms with Gasteiger partial charge in [0.05, 0.1) is 11.5 Å². The molecule has 1 saturated heterocycles. The van der Waals surface area contributed by atoms with Crippen LogP contribution in [0.2, 0.25) is 0 Å². The van der Waals surface area contributed by atoms with Crippen LogP contribution in [0.4, 0.5) is 5.69 Å². The van der Waals surface area contributed by atoms with E-state index < -0.39 is 47.1 Å². The first kappa shape index (κ1) is 20.9. The Kier molecular flexibility index (Phi) is 5.63. The molecule has 1 aromatic rings. The van der Waals surface area contributed by atoms with Gasteiger partial charge in [-0.05, 0) is 46.2 Å². The van der Waals surface area contributed by atoms with E-state index in [1.807, 2.05) is 0 Å². The average molecular weight is 376 g/mol. The van der Waals surface area contributed by atoms with Gasteiger partial charge in [-0.15, -0.1) is 10.3 Å². The molecule has 0 spiro atoms. The van der Waals surface area contributed by atoms with Crippen LogP contribution >= 0.6 is 0 Å². The fourth-order valence-electron chi connectivity index (χ4n) is 3.69. The predicted octanol–water partition coefficient (Wildman–Crippen LogP) is 1.64. The first-order valence-corrected chi connectivity index (χ1v) is 8.76. The number of carboxylic acid groups (broad SMARTS) is 1. The predicted molar refractivity (Wildman–Crippen MR) is 98.2 cm³/mol. The maximum atomic E-state index is 12.7. The smallest absolute Gasteiger partial charge is 0.326 e. The first-order chi connectivity index (χ1) is 12.4. The standard InChI is InChI=1S/C19H26N3O5/c1-18(2)10-12(19(3,4)22(18)27)16(24)21-14(17(25)26)9-15(23)11-7-5-6-8-13(11)20/h5-8,12,14H,9-10,20H2,1-4H3,(H,21,24)(H,25,26). The molecule has 1 amide bonds. The fraction of sp³-hybridized carbons (Fsp3) is 0.526. The van der Waals surface area contributed by atoms with Crippen molar-refractivity contribution in [2.45, 2.75) is 57.7 Å². The molecule has 1 radical (unpaired) electrons. The highest BCUT2D eigenvalue weighted by Gasteiger charge is 2.55. The lowest BCUT2D eigenvalue weighted by molar-refractivity contribution is -0.247. The Bertz CT molecular complexity index is 759. The Morgan fingerprint density at radius 1 is 1.26 bits per heavy atom. The fourth-order valence-corrected chi connectivity index (χ4v) is 3.69. The van der Waals surface area contributed by atoms with Crippen molar-refractivity contribution in [3.05, 3.63) is 29.8 Å². The second-order valence-electron chi connectivity index (χ2n) is 8.13. The molecular weight excluding hydrogens is 350 g/mol. The van der Waals surface area contributed by atoms with Crippen molar-refractivity contribution in [1.82, 2.24) is 10.4 Å². The number of para-hydroxylation sites is 1. The van der Waals surface area contributed by atoms with Gasteiger partial charge in [0.15, 0.2) is 5.78 Å². The molecule has 1 fully saturated rings. The number of carboxylic acids is 1. The summed E-state index contributed by atoms with van der Waals surface area (Å²) in [7, 11) is 0. The minimum atomic E-state index is -1.40. The second-order valence-corrected chi connectivity index (χ2v) is 8.13. The summed E-state index contributed by atoms with van der Waals surface area (Å²) < 4.78 is 0. The summed E-state index contributed by atoms with van der Waals surface area (Å²) in [6.07, 6.45) is -0.131. The van der Waals surface area contributed by atoms with Crippen LogP contribution in [0.25, 0.3) is 0 Å². The van der Waals surface area contributed by atoms with Crippen molar-refractivity contribution in [3.63, 3.8) is 0 Å². The number of benzene rings is 1. The van der Waals surface area contributed by atoms with Gasteiger partial charge in [-0.1, -0.05) is 12.1 Å². The summed E-state index contributed by atoms with van der Waals surface area (Å²) in [5, 5.41) is 25.2. The Labute approximate surface area is 158 Å². The van der Waals surface area contributed by atoms with Crippen LogP contribution in [0.5, 0.6) is 0 Å². The highest BCUT2D eigenvalue weighted by atomic mass is 16.5. The molecule has 1 aromatic carbocycles. The maximum absolute atomic E-state index is 12.7. The minimum absolute atomic E-state index is 0.214. The van der Waals surface area contributed by atoms with E-state index in [0.29, 0.717) is 6.42 Å². The highest BCUT2D eigenvalue weighted by molar-refractivity contribution is 6.03. The van der Waals surface area contributed by atoms with Crippen LogP contribution < -0.4 is 11.1 Å². The van der Waals surface area contributed by atoms with Gasteiger partial charge >= 0.3 is 5.97 Å². The molecule has 2 rings (SSSR count). The number of amides is 1. The topological polar surface area (TPSA) is 133 Å². The molecule has 1 heterocycles. The molecule has 0 bridgehead atoms. The van der Waals surface area contributed by atoms with Gasteiger partial charge < -0.3 is 16.2 Å². The van der Waals surface area contributed by atoms with Crippen LogP contribution in [0.15, 0.2) is 24.3 Å². The zero-order chi connectivity index (χ0) is 20.6. The number of rotatable bonds is 6. The Balaban J connectivity index is 2.15. The van der Waals surface area contributed by atoms with Crippen molar-refractivity contribution >= 4 is 23.3 Å². The number of nitrogens with one attached hydrogen (secondary N) is 1. The maximum Gasteiger partial charge on any atom is 0.326 e. The van der Waals surface area contributed by atoms with Crippen molar-refractivity contribution in [2.24, 2.45) is 5.92 Å². The number of nitrogen functional groups attached to an aromatic ring is 1. The van der Waals surface area contributed by atoms with Crippen molar-refractivity contribution in [2.75, 3.05) is 5.73 Å². The number of hydroxylamine groups is 2. The molecule has 1 aliphatic rings. The average Bonchev–Trinajstić information content (AvgIpc) is 2.74. The van der Waals surface area contributed by atoms with Crippen molar-refractivity contribution < 1.29 is 24.7 Å². The lowest BCUT2D eigenvalue weighted by atomic mass is 9.86. The SMILES string of the molecule is CC1(C)CC(C(=O)NC(CC(=O)c2ccccc2N)C(=O)O)C(C)(C)N1[O]. The third-order valence-electron chi connectivity index (χ3n) is 5.21. The van der Waals surface area contributed by atoms with E-state index in [9.17, 15) is 24.7 Å². The van der Waals surface area contributed by atoms with Crippen LogP contribution in [-0.2, 0) is 14.8 Å². The molecule has 2 unspecified atom stereocenters. The summed E-state index contributed by atoms with van der Waals surface area (Å²) in [5.74, 6) is -3.03. The quantitative estimate of drug-likeness (QED) is 0.510. The van der Waals surface area contributed by atoms with Gasteiger partial charge in [0, 0.05) is 23.2 Å². The monoisotopic (exact) mass is 376 g/mol. The molecule has 0 aromatic heterocycles. The Morgan fingerprint density at radius 3 is 2.33 bits per heavy atom. The van der Waals surface area contributed by atoms with Gasteiger partial charge in [-0.3, -0.25) is 9.59 Å². The first-order valence-electron chi connectivity index (χ1n) is 8.76. The lowest BCUT2D eigenvalue weighted by Crippen LogP contribution is -2.51. The molecule has 8 heteroatoms. The number of hydrogen-bond acceptors (Lipinski definition) is 5. The number of aliphatic carboxylic acids is 1. The van der Waals surface area contributed by atoms with E-state index >= 15 is 0 Å². The van der Waals surface area contributed by atoms with E-state index in [4.69, 9.17) is 5.73 Å². The van der Waals surface area contributed by atoms with E-state index in [2.05, 4.69) is 5.32 Å². The summed E-state index contributed by atoms with van der Waals surface area (Å²) in [6.45, 7) is 6.80. The van der Waals surface area contributed by atoms with Crippen LogP contribution in [0.1, 0.15) is 50.9 Å². The molecule has 27 heavy (non-hydrogen) atoms. The van der Waals surface area contributed by atoms with Gasteiger partial charge in [-0.25, -0.2) is 4.79 Å². The molecule has 2 atom stereocenters. The zero-order valence-electron chi connectivity index (χ0n) is 16.0. The van der Waals surface area contributed by atoms with E-state index in [0.717, 1.165) is 5.06 Å². The number of carbonyl (C=O) groups excluding carboxylic acids is 2. The number of hydrogen-bond donors (Lipinski definition) is 3. The summed E-state index contributed by atoms with van der Waals surface area (Å²) in [6, 6.07) is 4.96.